The first-order chi connectivity index (χ1) is 14.2. The van der Waals surface area contributed by atoms with Gasteiger partial charge < -0.3 is 4.74 Å². The van der Waals surface area contributed by atoms with Crippen LogP contribution in [0.15, 0.2) is 88.8 Å². The van der Waals surface area contributed by atoms with E-state index in [1.807, 2.05) is 48.5 Å². The van der Waals surface area contributed by atoms with E-state index < -0.39 is 4.92 Å². The van der Waals surface area contributed by atoms with Gasteiger partial charge in [0.2, 0.25) is 0 Å². The number of non-ortho nitro benzene ring substituents is 1. The zero-order valence-electron chi connectivity index (χ0n) is 15.4. The van der Waals surface area contributed by atoms with Gasteiger partial charge in [0.15, 0.2) is 0 Å². The number of nitrogens with zero attached hydrogens (tertiary/aromatic N) is 4. The van der Waals surface area contributed by atoms with E-state index in [1.165, 1.54) is 23.9 Å². The molecule has 0 fully saturated rings. The van der Waals surface area contributed by atoms with Crippen LogP contribution < -0.4 is 4.74 Å². The lowest BCUT2D eigenvalue weighted by Crippen LogP contribution is -2.02. The largest absolute Gasteiger partial charge is 0.494 e. The Morgan fingerprint density at radius 2 is 1.72 bits per heavy atom. The van der Waals surface area contributed by atoms with E-state index in [1.54, 1.807) is 30.1 Å². The maximum absolute atomic E-state index is 10.9. The van der Waals surface area contributed by atoms with Crippen molar-refractivity contribution in [1.82, 2.24) is 15.0 Å². The Morgan fingerprint density at radius 3 is 2.48 bits per heavy atom. The van der Waals surface area contributed by atoms with Gasteiger partial charge in [0.1, 0.15) is 11.4 Å². The molecule has 144 valence electrons. The Kier molecular flexibility index (Phi) is 5.26. The van der Waals surface area contributed by atoms with Crippen molar-refractivity contribution in [3.05, 3.63) is 89.1 Å². The third-order valence-corrected chi connectivity index (χ3v) is 5.38. The molecule has 0 N–H and O–H groups in total. The van der Waals surface area contributed by atoms with E-state index in [0.717, 1.165) is 26.7 Å². The van der Waals surface area contributed by atoms with Crippen molar-refractivity contribution in [2.45, 2.75) is 9.79 Å². The summed E-state index contributed by atoms with van der Waals surface area (Å²) in [4.78, 5) is 12.4. The van der Waals surface area contributed by atoms with Crippen molar-refractivity contribution in [3.8, 4) is 22.7 Å². The van der Waals surface area contributed by atoms with Crippen molar-refractivity contribution >= 4 is 17.4 Å². The first-order valence-electron chi connectivity index (χ1n) is 8.73. The van der Waals surface area contributed by atoms with Crippen LogP contribution >= 0.6 is 11.8 Å². The van der Waals surface area contributed by atoms with Gasteiger partial charge >= 0.3 is 0 Å². The van der Waals surface area contributed by atoms with Gasteiger partial charge in [0.05, 0.1) is 23.9 Å². The minimum Gasteiger partial charge on any atom is -0.494 e. The molecule has 0 atom stereocenters. The van der Waals surface area contributed by atoms with Crippen LogP contribution in [-0.2, 0) is 0 Å². The molecule has 0 unspecified atom stereocenters. The van der Waals surface area contributed by atoms with Crippen LogP contribution in [0.1, 0.15) is 0 Å². The van der Waals surface area contributed by atoms with Gasteiger partial charge in [-0.2, -0.15) is 0 Å². The first kappa shape index (κ1) is 18.7. The maximum atomic E-state index is 10.9. The zero-order chi connectivity index (χ0) is 20.2. The molecular formula is C21H16N4O3S. The SMILES string of the molecule is COc1ccccc1-n1nncc1-c1ccccc1Sc1ccc([N+](=O)[O-])cc1. The van der Waals surface area contributed by atoms with E-state index in [0.29, 0.717) is 5.75 Å². The number of hydrogen-bond acceptors (Lipinski definition) is 6. The van der Waals surface area contributed by atoms with Crippen LogP contribution in [0.3, 0.4) is 0 Å². The van der Waals surface area contributed by atoms with Crippen LogP contribution in [0.5, 0.6) is 5.75 Å². The number of methoxy groups -OCH3 is 1. The fraction of sp³-hybridized carbons (Fsp3) is 0.0476. The summed E-state index contributed by atoms with van der Waals surface area (Å²) >= 11 is 1.52. The van der Waals surface area contributed by atoms with E-state index in [2.05, 4.69) is 10.3 Å². The maximum Gasteiger partial charge on any atom is 0.269 e. The van der Waals surface area contributed by atoms with Gasteiger partial charge in [-0.3, -0.25) is 10.1 Å². The summed E-state index contributed by atoms with van der Waals surface area (Å²) in [5, 5.41) is 19.2. The molecule has 0 bridgehead atoms. The van der Waals surface area contributed by atoms with E-state index in [-0.39, 0.29) is 5.69 Å². The topological polar surface area (TPSA) is 83.1 Å². The van der Waals surface area contributed by atoms with Crippen LogP contribution in [0, 0.1) is 10.1 Å². The van der Waals surface area contributed by atoms with Gasteiger partial charge in [0.25, 0.3) is 5.69 Å². The molecule has 0 spiro atoms. The number of hydrogen-bond donors (Lipinski definition) is 0. The third kappa shape index (κ3) is 3.83. The highest BCUT2D eigenvalue weighted by atomic mass is 32.2. The lowest BCUT2D eigenvalue weighted by atomic mass is 10.1. The lowest BCUT2D eigenvalue weighted by Gasteiger charge is -2.13. The Hall–Kier alpha value is -3.65. The predicted molar refractivity (Wildman–Crippen MR) is 111 cm³/mol. The van der Waals surface area contributed by atoms with Crippen LogP contribution in [-0.4, -0.2) is 27.0 Å². The minimum absolute atomic E-state index is 0.0704. The average Bonchev–Trinajstić information content (AvgIpc) is 3.24. The number of ether oxygens (including phenoxy) is 1. The molecule has 0 saturated heterocycles. The van der Waals surface area contributed by atoms with Crippen molar-refractivity contribution in [2.75, 3.05) is 7.11 Å². The Labute approximate surface area is 171 Å². The van der Waals surface area contributed by atoms with Gasteiger partial charge in [0, 0.05) is 27.5 Å². The van der Waals surface area contributed by atoms with Crippen LogP contribution in [0.2, 0.25) is 0 Å². The third-order valence-electron chi connectivity index (χ3n) is 4.30. The molecule has 0 aliphatic rings. The quantitative estimate of drug-likeness (QED) is 0.332. The smallest absolute Gasteiger partial charge is 0.269 e. The fourth-order valence-electron chi connectivity index (χ4n) is 2.93. The highest BCUT2D eigenvalue weighted by molar-refractivity contribution is 7.99. The normalized spacial score (nSPS) is 10.7. The fourth-order valence-corrected chi connectivity index (χ4v) is 3.89. The summed E-state index contributed by atoms with van der Waals surface area (Å²) in [5.41, 5.74) is 2.63. The summed E-state index contributed by atoms with van der Waals surface area (Å²) in [6.07, 6.45) is 1.71. The highest BCUT2D eigenvalue weighted by Gasteiger charge is 2.16. The van der Waals surface area contributed by atoms with Crippen LogP contribution in [0.4, 0.5) is 5.69 Å². The summed E-state index contributed by atoms with van der Waals surface area (Å²) in [7, 11) is 1.62. The van der Waals surface area contributed by atoms with Crippen molar-refractivity contribution in [3.63, 3.8) is 0 Å². The molecule has 0 amide bonds. The number of nitro benzene ring substituents is 1. The average molecular weight is 404 g/mol. The van der Waals surface area contributed by atoms with E-state index in [4.69, 9.17) is 4.74 Å². The monoisotopic (exact) mass is 404 g/mol. The molecule has 1 heterocycles. The number of aromatic nitrogens is 3. The van der Waals surface area contributed by atoms with Gasteiger partial charge in [-0.25, -0.2) is 4.68 Å². The summed E-state index contributed by atoms with van der Waals surface area (Å²) in [6.45, 7) is 0. The molecule has 4 rings (SSSR count). The van der Waals surface area contributed by atoms with Gasteiger partial charge in [-0.15, -0.1) is 5.10 Å². The Bertz CT molecular complexity index is 1160. The van der Waals surface area contributed by atoms with E-state index in [9.17, 15) is 10.1 Å². The second-order valence-electron chi connectivity index (χ2n) is 6.05. The highest BCUT2D eigenvalue weighted by Crippen LogP contribution is 2.37. The zero-order valence-corrected chi connectivity index (χ0v) is 16.2. The number of nitro groups is 1. The number of para-hydroxylation sites is 2. The van der Waals surface area contributed by atoms with Crippen molar-refractivity contribution in [1.29, 1.82) is 0 Å². The standard InChI is InChI=1S/C21H16N4O3S/c1-28-20-8-4-3-7-18(20)24-19(14-22-23-24)17-6-2-5-9-21(17)29-16-12-10-15(11-13-16)25(26)27/h2-14H,1H3. The molecule has 4 aromatic rings. The summed E-state index contributed by atoms with van der Waals surface area (Å²) in [5.74, 6) is 0.694. The van der Waals surface area contributed by atoms with Crippen LogP contribution in [0.25, 0.3) is 16.9 Å². The van der Waals surface area contributed by atoms with E-state index >= 15 is 0 Å². The molecule has 0 aliphatic carbocycles. The lowest BCUT2D eigenvalue weighted by molar-refractivity contribution is -0.384. The molecule has 3 aromatic carbocycles. The molecule has 29 heavy (non-hydrogen) atoms. The van der Waals surface area contributed by atoms with Gasteiger partial charge in [-0.1, -0.05) is 47.3 Å². The molecule has 0 aliphatic heterocycles. The summed E-state index contributed by atoms with van der Waals surface area (Å²) < 4.78 is 7.21. The second-order valence-corrected chi connectivity index (χ2v) is 7.17. The van der Waals surface area contributed by atoms with Crippen molar-refractivity contribution in [2.24, 2.45) is 0 Å². The Morgan fingerprint density at radius 1 is 1.00 bits per heavy atom. The predicted octanol–water partition coefficient (Wildman–Crippen LogP) is 5.00. The molecule has 0 radical (unpaired) electrons. The number of rotatable bonds is 6. The second kappa shape index (κ2) is 8.15. The first-order valence-corrected chi connectivity index (χ1v) is 9.55. The molecule has 0 saturated carbocycles. The Balaban J connectivity index is 1.73. The molecule has 8 heteroatoms. The molecular weight excluding hydrogens is 388 g/mol. The number of benzene rings is 3. The molecule has 1 aromatic heterocycles. The summed E-state index contributed by atoms with van der Waals surface area (Å²) in [6, 6.07) is 22.0. The van der Waals surface area contributed by atoms with Crippen molar-refractivity contribution < 1.29 is 9.66 Å². The van der Waals surface area contributed by atoms with Gasteiger partial charge in [-0.05, 0) is 30.3 Å². The molecule has 7 nitrogen and oxygen atoms in total. The minimum atomic E-state index is -0.403.